The lowest BCUT2D eigenvalue weighted by atomic mass is 10.2. The molecule has 1 amide bonds. The number of hydrogen-bond donors (Lipinski definition) is 1. The fourth-order valence-electron chi connectivity index (χ4n) is 2.62. The second-order valence-corrected chi connectivity index (χ2v) is 5.31. The Balaban J connectivity index is 1.65. The molecule has 0 unspecified atom stereocenters. The summed E-state index contributed by atoms with van der Waals surface area (Å²) in [6.45, 7) is 4.87. The summed E-state index contributed by atoms with van der Waals surface area (Å²) in [4.78, 5) is 16.5. The number of benzene rings is 1. The van der Waals surface area contributed by atoms with Crippen molar-refractivity contribution in [2.45, 2.75) is 6.92 Å². The molecular weight excluding hydrogens is 266 g/mol. The lowest BCUT2D eigenvalue weighted by Gasteiger charge is -2.35. The van der Waals surface area contributed by atoms with Crippen LogP contribution < -0.4 is 10.6 Å². The molecule has 0 aliphatic carbocycles. The van der Waals surface area contributed by atoms with Crippen LogP contribution in [0.4, 0.5) is 11.4 Å². The summed E-state index contributed by atoms with van der Waals surface area (Å²) in [5.74, 6) is 0.428. The van der Waals surface area contributed by atoms with E-state index in [-0.39, 0.29) is 5.91 Å². The second kappa shape index (κ2) is 5.52. The Morgan fingerprint density at radius 3 is 2.57 bits per heavy atom. The zero-order valence-corrected chi connectivity index (χ0v) is 12.1. The fraction of sp³-hybridized carbons (Fsp3) is 0.312. The van der Waals surface area contributed by atoms with Crippen molar-refractivity contribution in [3.8, 4) is 0 Å². The first kappa shape index (κ1) is 13.5. The highest BCUT2D eigenvalue weighted by Gasteiger charge is 2.25. The van der Waals surface area contributed by atoms with Crippen molar-refractivity contribution in [3.05, 3.63) is 47.9 Å². The number of nitrogens with zero attached hydrogens (tertiary/aromatic N) is 2. The first-order chi connectivity index (χ1) is 10.1. The first-order valence-corrected chi connectivity index (χ1v) is 7.09. The topological polar surface area (TPSA) is 62.7 Å². The zero-order chi connectivity index (χ0) is 14.8. The average molecular weight is 285 g/mol. The van der Waals surface area contributed by atoms with Gasteiger partial charge in [0.2, 0.25) is 0 Å². The quantitative estimate of drug-likeness (QED) is 0.859. The van der Waals surface area contributed by atoms with Crippen LogP contribution in [-0.4, -0.2) is 37.0 Å². The van der Waals surface area contributed by atoms with Gasteiger partial charge in [0.25, 0.3) is 5.91 Å². The maximum Gasteiger partial charge on any atom is 0.289 e. The third-order valence-electron chi connectivity index (χ3n) is 3.86. The van der Waals surface area contributed by atoms with Gasteiger partial charge in [-0.15, -0.1) is 0 Å². The Kier molecular flexibility index (Phi) is 3.56. The van der Waals surface area contributed by atoms with Crippen LogP contribution in [0.2, 0.25) is 0 Å². The summed E-state index contributed by atoms with van der Waals surface area (Å²) in [5.41, 5.74) is 8.57. The maximum atomic E-state index is 12.4. The minimum atomic E-state index is -0.0234. The Bertz CT molecular complexity index is 642. The number of carbonyl (C=O) groups is 1. The lowest BCUT2D eigenvalue weighted by molar-refractivity contribution is 0.0713. The van der Waals surface area contributed by atoms with Gasteiger partial charge in [-0.05, 0) is 31.2 Å². The molecule has 1 aromatic heterocycles. The van der Waals surface area contributed by atoms with Crippen molar-refractivity contribution in [1.29, 1.82) is 0 Å². The minimum absolute atomic E-state index is 0.0234. The van der Waals surface area contributed by atoms with Crippen LogP contribution in [0.25, 0.3) is 0 Å². The lowest BCUT2D eigenvalue weighted by Crippen LogP contribution is -2.48. The molecule has 0 radical (unpaired) electrons. The van der Waals surface area contributed by atoms with Crippen LogP contribution in [0.3, 0.4) is 0 Å². The molecule has 2 heterocycles. The molecule has 2 aromatic rings. The molecule has 1 saturated heterocycles. The van der Waals surface area contributed by atoms with Gasteiger partial charge in [-0.1, -0.05) is 6.07 Å². The Hall–Kier alpha value is -2.43. The summed E-state index contributed by atoms with van der Waals surface area (Å²) >= 11 is 0. The number of nitrogen functional groups attached to an aromatic ring is 1. The molecule has 0 spiro atoms. The number of piperazine rings is 1. The molecule has 1 fully saturated rings. The standard InChI is InChI=1S/C16H19N3O2/c1-12-5-10-21-15(12)16(20)19-8-6-18(7-9-19)14-4-2-3-13(17)11-14/h2-5,10-11H,6-9,17H2,1H3. The van der Waals surface area contributed by atoms with Crippen LogP contribution in [0.5, 0.6) is 0 Å². The van der Waals surface area contributed by atoms with E-state index in [9.17, 15) is 4.79 Å². The summed E-state index contributed by atoms with van der Waals surface area (Å²) < 4.78 is 5.29. The molecule has 3 rings (SSSR count). The van der Waals surface area contributed by atoms with E-state index in [0.29, 0.717) is 18.8 Å². The Morgan fingerprint density at radius 2 is 1.95 bits per heavy atom. The number of nitrogens with two attached hydrogens (primary N) is 1. The third-order valence-corrected chi connectivity index (χ3v) is 3.86. The summed E-state index contributed by atoms with van der Waals surface area (Å²) in [6, 6.07) is 9.66. The molecule has 0 saturated carbocycles. The van der Waals surface area contributed by atoms with E-state index < -0.39 is 0 Å². The van der Waals surface area contributed by atoms with Gasteiger partial charge >= 0.3 is 0 Å². The molecule has 5 heteroatoms. The number of hydrogen-bond acceptors (Lipinski definition) is 4. The molecule has 0 bridgehead atoms. The number of furan rings is 1. The number of rotatable bonds is 2. The average Bonchev–Trinajstić information content (AvgIpc) is 2.93. The highest BCUT2D eigenvalue weighted by Crippen LogP contribution is 2.20. The molecule has 1 aliphatic rings. The van der Waals surface area contributed by atoms with E-state index in [4.69, 9.17) is 10.2 Å². The van der Waals surface area contributed by atoms with Crippen molar-refractivity contribution >= 4 is 17.3 Å². The molecule has 1 aromatic carbocycles. The molecular formula is C16H19N3O2. The monoisotopic (exact) mass is 285 g/mol. The SMILES string of the molecule is Cc1ccoc1C(=O)N1CCN(c2cccc(N)c2)CC1. The van der Waals surface area contributed by atoms with E-state index in [0.717, 1.165) is 30.0 Å². The van der Waals surface area contributed by atoms with E-state index in [2.05, 4.69) is 4.90 Å². The van der Waals surface area contributed by atoms with Crippen molar-refractivity contribution in [2.24, 2.45) is 0 Å². The first-order valence-electron chi connectivity index (χ1n) is 7.09. The van der Waals surface area contributed by atoms with Crippen LogP contribution in [0.15, 0.2) is 41.0 Å². The van der Waals surface area contributed by atoms with Crippen LogP contribution in [-0.2, 0) is 0 Å². The molecule has 110 valence electrons. The predicted octanol–water partition coefficient (Wildman–Crippen LogP) is 2.13. The van der Waals surface area contributed by atoms with E-state index >= 15 is 0 Å². The molecule has 1 aliphatic heterocycles. The van der Waals surface area contributed by atoms with Gasteiger partial charge < -0.3 is 20.0 Å². The van der Waals surface area contributed by atoms with Gasteiger partial charge in [-0.25, -0.2) is 0 Å². The van der Waals surface area contributed by atoms with Crippen LogP contribution >= 0.6 is 0 Å². The van der Waals surface area contributed by atoms with Crippen molar-refractivity contribution in [1.82, 2.24) is 4.90 Å². The van der Waals surface area contributed by atoms with Gasteiger partial charge in [0.1, 0.15) is 0 Å². The summed E-state index contributed by atoms with van der Waals surface area (Å²) in [6.07, 6.45) is 1.56. The van der Waals surface area contributed by atoms with E-state index in [1.807, 2.05) is 42.2 Å². The summed E-state index contributed by atoms with van der Waals surface area (Å²) in [7, 11) is 0. The van der Waals surface area contributed by atoms with E-state index in [1.165, 1.54) is 0 Å². The smallest absolute Gasteiger partial charge is 0.289 e. The van der Waals surface area contributed by atoms with Gasteiger partial charge in [-0.2, -0.15) is 0 Å². The highest BCUT2D eigenvalue weighted by atomic mass is 16.3. The van der Waals surface area contributed by atoms with Gasteiger partial charge in [-0.3, -0.25) is 4.79 Å². The fourth-order valence-corrected chi connectivity index (χ4v) is 2.62. The Labute approximate surface area is 123 Å². The molecule has 0 atom stereocenters. The minimum Gasteiger partial charge on any atom is -0.459 e. The Morgan fingerprint density at radius 1 is 1.19 bits per heavy atom. The summed E-state index contributed by atoms with van der Waals surface area (Å²) in [5, 5.41) is 0. The maximum absolute atomic E-state index is 12.4. The second-order valence-electron chi connectivity index (χ2n) is 5.31. The van der Waals surface area contributed by atoms with Crippen LogP contribution in [0.1, 0.15) is 16.1 Å². The van der Waals surface area contributed by atoms with E-state index in [1.54, 1.807) is 6.26 Å². The molecule has 2 N–H and O–H groups in total. The number of carbonyl (C=O) groups excluding carboxylic acids is 1. The van der Waals surface area contributed by atoms with Crippen LogP contribution in [0, 0.1) is 6.92 Å². The predicted molar refractivity (Wildman–Crippen MR) is 82.4 cm³/mol. The number of anilines is 2. The zero-order valence-electron chi connectivity index (χ0n) is 12.1. The number of aryl methyl sites for hydroxylation is 1. The van der Waals surface area contributed by atoms with Gasteiger partial charge in [0.15, 0.2) is 5.76 Å². The van der Waals surface area contributed by atoms with Crippen molar-refractivity contribution in [2.75, 3.05) is 36.8 Å². The third kappa shape index (κ3) is 2.72. The van der Waals surface area contributed by atoms with Gasteiger partial charge in [0, 0.05) is 43.1 Å². The molecule has 21 heavy (non-hydrogen) atoms. The largest absolute Gasteiger partial charge is 0.459 e. The highest BCUT2D eigenvalue weighted by molar-refractivity contribution is 5.93. The normalized spacial score (nSPS) is 15.3. The van der Waals surface area contributed by atoms with Crippen molar-refractivity contribution < 1.29 is 9.21 Å². The van der Waals surface area contributed by atoms with Crippen molar-refractivity contribution in [3.63, 3.8) is 0 Å². The number of amides is 1. The molecule has 5 nitrogen and oxygen atoms in total. The van der Waals surface area contributed by atoms with Gasteiger partial charge in [0.05, 0.1) is 6.26 Å².